The van der Waals surface area contributed by atoms with Crippen molar-refractivity contribution in [3.8, 4) is 0 Å². The monoisotopic (exact) mass is 412 g/mol. The summed E-state index contributed by atoms with van der Waals surface area (Å²) in [5, 5.41) is 5.99. The molecular formula is C22H22F2N4O2. The van der Waals surface area contributed by atoms with Crippen LogP contribution in [0.1, 0.15) is 34.7 Å². The zero-order chi connectivity index (χ0) is 20.8. The third-order valence-corrected chi connectivity index (χ3v) is 6.37. The van der Waals surface area contributed by atoms with Gasteiger partial charge in [0.05, 0.1) is 5.56 Å². The number of nitrogens with one attached hydrogen (secondary N) is 2. The average Bonchev–Trinajstić information content (AvgIpc) is 2.96. The average molecular weight is 412 g/mol. The van der Waals surface area contributed by atoms with Gasteiger partial charge in [0.25, 0.3) is 5.91 Å². The van der Waals surface area contributed by atoms with E-state index in [1.54, 1.807) is 17.0 Å². The maximum atomic E-state index is 14.5. The predicted molar refractivity (Wildman–Crippen MR) is 107 cm³/mol. The fraction of sp³-hybridized carbons (Fsp3) is 0.409. The molecule has 30 heavy (non-hydrogen) atoms. The Morgan fingerprint density at radius 3 is 2.77 bits per heavy atom. The topological polar surface area (TPSA) is 73.8 Å². The van der Waals surface area contributed by atoms with Crippen LogP contribution >= 0.6 is 0 Å². The molecule has 1 fully saturated rings. The highest BCUT2D eigenvalue weighted by Crippen LogP contribution is 2.46. The molecule has 3 aliphatic heterocycles. The van der Waals surface area contributed by atoms with Gasteiger partial charge in [-0.2, -0.15) is 4.39 Å². The van der Waals surface area contributed by atoms with E-state index in [0.717, 1.165) is 11.1 Å². The lowest BCUT2D eigenvalue weighted by molar-refractivity contribution is -0.116. The van der Waals surface area contributed by atoms with Crippen LogP contribution in [0.25, 0.3) is 0 Å². The van der Waals surface area contributed by atoms with E-state index >= 15 is 0 Å². The lowest BCUT2D eigenvalue weighted by Gasteiger charge is -2.31. The largest absolute Gasteiger partial charge is 0.352 e. The van der Waals surface area contributed by atoms with Gasteiger partial charge >= 0.3 is 0 Å². The van der Waals surface area contributed by atoms with E-state index in [2.05, 4.69) is 15.6 Å². The summed E-state index contributed by atoms with van der Waals surface area (Å²) in [6.45, 7) is 2.89. The Hall–Kier alpha value is -2.87. The molecule has 4 aliphatic rings. The van der Waals surface area contributed by atoms with Crippen molar-refractivity contribution in [2.75, 3.05) is 32.7 Å². The minimum absolute atomic E-state index is 0.0326. The van der Waals surface area contributed by atoms with Gasteiger partial charge in [-0.15, -0.1) is 0 Å². The number of allylic oxidation sites excluding steroid dienone is 2. The Kier molecular flexibility index (Phi) is 4.73. The molecule has 2 unspecified atom stereocenters. The molecule has 0 spiro atoms. The third-order valence-electron chi connectivity index (χ3n) is 6.37. The lowest BCUT2D eigenvalue weighted by Crippen LogP contribution is -2.46. The lowest BCUT2D eigenvalue weighted by atomic mass is 9.75. The molecule has 3 heterocycles. The van der Waals surface area contributed by atoms with E-state index in [4.69, 9.17) is 0 Å². The van der Waals surface area contributed by atoms with E-state index in [0.29, 0.717) is 51.3 Å². The molecule has 1 aromatic carbocycles. The van der Waals surface area contributed by atoms with E-state index < -0.39 is 11.8 Å². The Morgan fingerprint density at radius 1 is 1.17 bits per heavy atom. The van der Waals surface area contributed by atoms with E-state index in [9.17, 15) is 18.4 Å². The number of piperazine rings is 1. The zero-order valence-corrected chi connectivity index (χ0v) is 16.4. The molecule has 0 bridgehead atoms. The SMILES string of the molecule is O=C1C=C2C(F)=NC3=C2C(CN1)CC(c1ccc(F)c(C(=O)N2CCNCC2)c1)C3. The first-order valence-electron chi connectivity index (χ1n) is 10.3. The first-order valence-corrected chi connectivity index (χ1v) is 10.3. The molecule has 1 saturated heterocycles. The van der Waals surface area contributed by atoms with Crippen LogP contribution in [-0.2, 0) is 4.79 Å². The molecule has 156 valence electrons. The van der Waals surface area contributed by atoms with Gasteiger partial charge < -0.3 is 15.5 Å². The first-order chi connectivity index (χ1) is 14.5. The normalized spacial score (nSPS) is 25.9. The molecular weight excluding hydrogens is 390 g/mol. The minimum Gasteiger partial charge on any atom is -0.352 e. The number of rotatable bonds is 2. The summed E-state index contributed by atoms with van der Waals surface area (Å²) in [5.41, 5.74) is 2.66. The van der Waals surface area contributed by atoms with Crippen LogP contribution in [0.3, 0.4) is 0 Å². The molecule has 2 amide bonds. The number of carbonyl (C=O) groups excluding carboxylic acids is 2. The first kappa shape index (κ1) is 19.1. The zero-order valence-electron chi connectivity index (χ0n) is 16.4. The highest BCUT2D eigenvalue weighted by molar-refractivity contribution is 6.07. The van der Waals surface area contributed by atoms with Gasteiger partial charge in [0.15, 0.2) is 0 Å². The van der Waals surface area contributed by atoms with Crippen LogP contribution < -0.4 is 10.6 Å². The Bertz CT molecular complexity index is 1020. The summed E-state index contributed by atoms with van der Waals surface area (Å²) >= 11 is 0. The van der Waals surface area contributed by atoms with Gasteiger partial charge in [-0.1, -0.05) is 6.07 Å². The van der Waals surface area contributed by atoms with Gasteiger partial charge in [-0.3, -0.25) is 9.59 Å². The number of hydrogen-bond donors (Lipinski definition) is 2. The summed E-state index contributed by atoms with van der Waals surface area (Å²) in [6, 6.07) is 4.67. The van der Waals surface area contributed by atoms with Crippen molar-refractivity contribution in [3.63, 3.8) is 0 Å². The van der Waals surface area contributed by atoms with E-state index in [1.165, 1.54) is 12.1 Å². The Labute approximate surface area is 172 Å². The second kappa shape index (κ2) is 7.43. The van der Waals surface area contributed by atoms with Crippen LogP contribution in [0.15, 0.2) is 46.1 Å². The number of carbonyl (C=O) groups is 2. The summed E-state index contributed by atoms with van der Waals surface area (Å²) in [6.07, 6.45) is 2.45. The van der Waals surface area contributed by atoms with Crippen molar-refractivity contribution in [1.29, 1.82) is 0 Å². The quantitative estimate of drug-likeness (QED) is 0.781. The summed E-state index contributed by atoms with van der Waals surface area (Å²) in [7, 11) is 0. The van der Waals surface area contributed by atoms with Gasteiger partial charge in [-0.25, -0.2) is 9.38 Å². The number of amides is 2. The van der Waals surface area contributed by atoms with Crippen molar-refractivity contribution < 1.29 is 18.4 Å². The molecule has 0 aromatic heterocycles. The Morgan fingerprint density at radius 2 is 1.97 bits per heavy atom. The highest BCUT2D eigenvalue weighted by atomic mass is 19.1. The number of benzene rings is 1. The highest BCUT2D eigenvalue weighted by Gasteiger charge is 2.39. The van der Waals surface area contributed by atoms with Crippen molar-refractivity contribution in [2.24, 2.45) is 10.9 Å². The van der Waals surface area contributed by atoms with Crippen molar-refractivity contribution in [3.05, 3.63) is 58.1 Å². The van der Waals surface area contributed by atoms with Crippen LogP contribution in [0, 0.1) is 11.7 Å². The molecule has 0 radical (unpaired) electrons. The number of nitrogens with zero attached hydrogens (tertiary/aromatic N) is 2. The molecule has 5 rings (SSSR count). The Balaban J connectivity index is 1.45. The smallest absolute Gasteiger partial charge is 0.256 e. The second-order valence-corrected chi connectivity index (χ2v) is 8.18. The number of halogens is 2. The molecule has 6 nitrogen and oxygen atoms in total. The van der Waals surface area contributed by atoms with Gasteiger partial charge in [0, 0.05) is 56.0 Å². The summed E-state index contributed by atoms with van der Waals surface area (Å²) in [4.78, 5) is 30.5. The molecule has 8 heteroatoms. The molecule has 0 saturated carbocycles. The summed E-state index contributed by atoms with van der Waals surface area (Å²) < 4.78 is 28.9. The van der Waals surface area contributed by atoms with Crippen LogP contribution in [0.4, 0.5) is 8.78 Å². The third kappa shape index (κ3) is 3.25. The molecule has 2 N–H and O–H groups in total. The van der Waals surface area contributed by atoms with Crippen molar-refractivity contribution in [1.82, 2.24) is 15.5 Å². The minimum atomic E-state index is -0.614. The molecule has 1 aliphatic carbocycles. The van der Waals surface area contributed by atoms with E-state index in [1.807, 2.05) is 0 Å². The maximum absolute atomic E-state index is 14.5. The fourth-order valence-electron chi connectivity index (χ4n) is 4.88. The molecule has 2 atom stereocenters. The molecule has 1 aromatic rings. The van der Waals surface area contributed by atoms with Crippen LogP contribution in [0.2, 0.25) is 0 Å². The fourth-order valence-corrected chi connectivity index (χ4v) is 4.88. The van der Waals surface area contributed by atoms with Crippen molar-refractivity contribution in [2.45, 2.75) is 18.8 Å². The predicted octanol–water partition coefficient (Wildman–Crippen LogP) is 2.06. The summed E-state index contributed by atoms with van der Waals surface area (Å²) in [5.74, 6) is -1.86. The second-order valence-electron chi connectivity index (χ2n) is 8.18. The van der Waals surface area contributed by atoms with Gasteiger partial charge in [0.2, 0.25) is 11.9 Å². The number of hydrogen-bond acceptors (Lipinski definition) is 4. The maximum Gasteiger partial charge on any atom is 0.256 e. The standard InChI is InChI=1S/C22H22F2N4O2/c23-17-2-1-12(8-15(17)22(30)28-5-3-25-4-6-28)13-7-14-11-26-19(29)10-16-20(14)18(9-13)27-21(16)24/h1-2,8,10,13-14,25H,3-7,9,11H2,(H,26,29). The van der Waals surface area contributed by atoms with Crippen LogP contribution in [-0.4, -0.2) is 55.4 Å². The van der Waals surface area contributed by atoms with Crippen LogP contribution in [0.5, 0.6) is 0 Å². The number of aliphatic imine (C=N–C) groups is 1. The van der Waals surface area contributed by atoms with Gasteiger partial charge in [0.1, 0.15) is 5.82 Å². The van der Waals surface area contributed by atoms with Gasteiger partial charge in [-0.05, 0) is 42.0 Å². The van der Waals surface area contributed by atoms with E-state index in [-0.39, 0.29) is 34.8 Å². The van der Waals surface area contributed by atoms with Crippen molar-refractivity contribution >= 4 is 17.8 Å².